The van der Waals surface area contributed by atoms with Gasteiger partial charge >= 0.3 is 0 Å². The molecule has 112 valence electrons. The number of nitrogens with zero attached hydrogens (tertiary/aromatic N) is 1. The third-order valence-electron chi connectivity index (χ3n) is 3.37. The lowest BCUT2D eigenvalue weighted by Crippen LogP contribution is -2.32. The number of amides is 1. The van der Waals surface area contributed by atoms with E-state index in [9.17, 15) is 9.90 Å². The van der Waals surface area contributed by atoms with Crippen molar-refractivity contribution in [2.24, 2.45) is 5.92 Å². The second kappa shape index (κ2) is 7.24. The third-order valence-corrected chi connectivity index (χ3v) is 3.71. The van der Waals surface area contributed by atoms with Gasteiger partial charge in [0.2, 0.25) is 0 Å². The van der Waals surface area contributed by atoms with E-state index >= 15 is 0 Å². The Morgan fingerprint density at radius 2 is 2.33 bits per heavy atom. The lowest BCUT2D eigenvalue weighted by atomic mass is 10.0. The summed E-state index contributed by atoms with van der Waals surface area (Å²) in [6.45, 7) is 2.23. The number of carbonyl (C=O) groups is 1. The van der Waals surface area contributed by atoms with Crippen molar-refractivity contribution in [3.05, 3.63) is 52.6 Å². The van der Waals surface area contributed by atoms with E-state index in [-0.39, 0.29) is 18.4 Å². The van der Waals surface area contributed by atoms with E-state index in [0.29, 0.717) is 23.6 Å². The van der Waals surface area contributed by atoms with Gasteiger partial charge in [-0.05, 0) is 30.5 Å². The number of hydrogen-bond acceptors (Lipinski definition) is 3. The Balaban J connectivity index is 1.93. The number of rotatable bonds is 6. The minimum atomic E-state index is -0.145. The molecule has 0 radical (unpaired) electrons. The van der Waals surface area contributed by atoms with E-state index in [1.807, 2.05) is 13.0 Å². The van der Waals surface area contributed by atoms with E-state index in [4.69, 9.17) is 11.6 Å². The molecule has 6 heteroatoms. The minimum Gasteiger partial charge on any atom is -0.396 e. The predicted octanol–water partition coefficient (Wildman–Crippen LogP) is 1.95. The number of aromatic nitrogens is 2. The molecular formula is C15H18ClN3O2. The highest BCUT2D eigenvalue weighted by Crippen LogP contribution is 2.17. The maximum atomic E-state index is 12.0. The molecule has 1 atom stereocenters. The summed E-state index contributed by atoms with van der Waals surface area (Å²) in [6.07, 6.45) is 7.27. The number of pyridine rings is 1. The quantitative estimate of drug-likeness (QED) is 0.763. The van der Waals surface area contributed by atoms with Gasteiger partial charge in [0.1, 0.15) is 0 Å². The molecule has 0 aromatic carbocycles. The number of carbonyl (C=O) groups excluding carboxylic acids is 1. The summed E-state index contributed by atoms with van der Waals surface area (Å²) in [5.74, 6) is -0.235. The molecule has 2 aromatic rings. The van der Waals surface area contributed by atoms with Crippen LogP contribution in [-0.4, -0.2) is 34.1 Å². The molecule has 0 bridgehead atoms. The van der Waals surface area contributed by atoms with Crippen molar-refractivity contribution in [1.29, 1.82) is 0 Å². The van der Waals surface area contributed by atoms with Gasteiger partial charge in [0.25, 0.3) is 5.91 Å². The molecule has 0 aliphatic rings. The number of halogens is 1. The van der Waals surface area contributed by atoms with Crippen LogP contribution < -0.4 is 5.32 Å². The minimum absolute atomic E-state index is 0.0228. The first-order chi connectivity index (χ1) is 10.1. The Hall–Kier alpha value is -1.85. The first-order valence-electron chi connectivity index (χ1n) is 6.72. The number of aliphatic hydroxyl groups is 1. The molecule has 5 nitrogen and oxygen atoms in total. The SMILES string of the molecule is Cc1c[nH]cc1C(=O)NCC(CO)Cc1ccncc1Cl. The highest BCUT2D eigenvalue weighted by Gasteiger charge is 2.14. The molecule has 0 saturated carbocycles. The molecule has 2 heterocycles. The van der Waals surface area contributed by atoms with E-state index in [1.54, 1.807) is 24.8 Å². The number of aryl methyl sites for hydroxylation is 1. The van der Waals surface area contributed by atoms with Gasteiger partial charge in [0, 0.05) is 43.9 Å². The van der Waals surface area contributed by atoms with Crippen LogP contribution in [0.15, 0.2) is 30.9 Å². The third kappa shape index (κ3) is 4.06. The summed E-state index contributed by atoms with van der Waals surface area (Å²) in [7, 11) is 0. The number of aliphatic hydroxyl groups excluding tert-OH is 1. The van der Waals surface area contributed by atoms with Crippen molar-refractivity contribution >= 4 is 17.5 Å². The monoisotopic (exact) mass is 307 g/mol. The van der Waals surface area contributed by atoms with Crippen LogP contribution >= 0.6 is 11.6 Å². The summed E-state index contributed by atoms with van der Waals surface area (Å²) in [4.78, 5) is 18.8. The molecule has 2 rings (SSSR count). The zero-order valence-corrected chi connectivity index (χ0v) is 12.5. The summed E-state index contributed by atoms with van der Waals surface area (Å²) in [5, 5.41) is 12.9. The van der Waals surface area contributed by atoms with Crippen LogP contribution in [0.4, 0.5) is 0 Å². The Kier molecular flexibility index (Phi) is 5.36. The van der Waals surface area contributed by atoms with Gasteiger partial charge in [-0.1, -0.05) is 11.6 Å². The Morgan fingerprint density at radius 3 is 2.95 bits per heavy atom. The smallest absolute Gasteiger partial charge is 0.253 e. The van der Waals surface area contributed by atoms with Gasteiger partial charge in [-0.2, -0.15) is 0 Å². The van der Waals surface area contributed by atoms with Gasteiger partial charge in [0.15, 0.2) is 0 Å². The van der Waals surface area contributed by atoms with Gasteiger partial charge in [0.05, 0.1) is 10.6 Å². The van der Waals surface area contributed by atoms with E-state index in [2.05, 4.69) is 15.3 Å². The Labute approximate surface area is 128 Å². The fourth-order valence-electron chi connectivity index (χ4n) is 2.10. The molecule has 0 aliphatic heterocycles. The Bertz CT molecular complexity index is 612. The molecular weight excluding hydrogens is 290 g/mol. The largest absolute Gasteiger partial charge is 0.396 e. The summed E-state index contributed by atoms with van der Waals surface area (Å²) < 4.78 is 0. The molecule has 0 saturated heterocycles. The molecule has 2 aromatic heterocycles. The number of H-pyrrole nitrogens is 1. The van der Waals surface area contributed by atoms with Crippen LogP contribution in [0.2, 0.25) is 5.02 Å². The molecule has 0 aliphatic carbocycles. The highest BCUT2D eigenvalue weighted by atomic mass is 35.5. The maximum Gasteiger partial charge on any atom is 0.253 e. The van der Waals surface area contributed by atoms with Gasteiger partial charge in [-0.25, -0.2) is 0 Å². The van der Waals surface area contributed by atoms with Crippen molar-refractivity contribution in [2.75, 3.05) is 13.2 Å². The van der Waals surface area contributed by atoms with E-state index in [0.717, 1.165) is 11.1 Å². The van der Waals surface area contributed by atoms with E-state index < -0.39 is 0 Å². The predicted molar refractivity (Wildman–Crippen MR) is 81.4 cm³/mol. The number of hydrogen-bond donors (Lipinski definition) is 3. The molecule has 1 amide bonds. The summed E-state index contributed by atoms with van der Waals surface area (Å²) in [5.41, 5.74) is 2.43. The number of aromatic amines is 1. The molecule has 1 unspecified atom stereocenters. The zero-order chi connectivity index (χ0) is 15.2. The van der Waals surface area contributed by atoms with Crippen molar-refractivity contribution < 1.29 is 9.90 Å². The highest BCUT2D eigenvalue weighted by molar-refractivity contribution is 6.31. The van der Waals surface area contributed by atoms with Crippen LogP contribution in [-0.2, 0) is 6.42 Å². The van der Waals surface area contributed by atoms with Gasteiger partial charge in [-0.15, -0.1) is 0 Å². The van der Waals surface area contributed by atoms with Crippen LogP contribution in [0.3, 0.4) is 0 Å². The first-order valence-corrected chi connectivity index (χ1v) is 7.10. The molecule has 3 N–H and O–H groups in total. The fraction of sp³-hybridized carbons (Fsp3) is 0.333. The van der Waals surface area contributed by atoms with Crippen LogP contribution in [0.1, 0.15) is 21.5 Å². The number of nitrogens with one attached hydrogen (secondary N) is 2. The average Bonchev–Trinajstić information content (AvgIpc) is 2.91. The van der Waals surface area contributed by atoms with Crippen LogP contribution in [0, 0.1) is 12.8 Å². The fourth-order valence-corrected chi connectivity index (χ4v) is 2.30. The zero-order valence-electron chi connectivity index (χ0n) is 11.8. The van der Waals surface area contributed by atoms with Crippen LogP contribution in [0.5, 0.6) is 0 Å². The first kappa shape index (κ1) is 15.5. The van der Waals surface area contributed by atoms with Crippen molar-refractivity contribution in [2.45, 2.75) is 13.3 Å². The lowest BCUT2D eigenvalue weighted by molar-refractivity contribution is 0.0939. The van der Waals surface area contributed by atoms with Gasteiger partial charge in [-0.3, -0.25) is 9.78 Å². The van der Waals surface area contributed by atoms with Crippen LogP contribution in [0.25, 0.3) is 0 Å². The normalized spacial score (nSPS) is 12.1. The second-order valence-corrected chi connectivity index (χ2v) is 5.39. The molecule has 0 spiro atoms. The van der Waals surface area contributed by atoms with Crippen molar-refractivity contribution in [1.82, 2.24) is 15.3 Å². The van der Waals surface area contributed by atoms with Crippen molar-refractivity contribution in [3.63, 3.8) is 0 Å². The Morgan fingerprint density at radius 1 is 1.52 bits per heavy atom. The second-order valence-electron chi connectivity index (χ2n) is 4.98. The molecule has 0 fully saturated rings. The average molecular weight is 308 g/mol. The lowest BCUT2D eigenvalue weighted by Gasteiger charge is -2.15. The molecule has 21 heavy (non-hydrogen) atoms. The van der Waals surface area contributed by atoms with Gasteiger partial charge < -0.3 is 15.4 Å². The summed E-state index contributed by atoms with van der Waals surface area (Å²) in [6, 6.07) is 1.82. The van der Waals surface area contributed by atoms with Crippen molar-refractivity contribution in [3.8, 4) is 0 Å². The standard InChI is InChI=1S/C15H18ClN3O2/c1-10-5-18-7-13(10)15(21)19-6-11(9-20)4-12-2-3-17-8-14(12)16/h2-3,5,7-8,11,18,20H,4,6,9H2,1H3,(H,19,21). The summed E-state index contributed by atoms with van der Waals surface area (Å²) >= 11 is 6.05. The topological polar surface area (TPSA) is 78.0 Å². The maximum absolute atomic E-state index is 12.0. The van der Waals surface area contributed by atoms with E-state index in [1.165, 1.54) is 0 Å².